The molecule has 1 N–H and O–H groups in total. The molecule has 2 rings (SSSR count). The summed E-state index contributed by atoms with van der Waals surface area (Å²) >= 11 is 5.89. The van der Waals surface area contributed by atoms with Gasteiger partial charge in [-0.2, -0.15) is 13.2 Å². The third-order valence-electron chi connectivity index (χ3n) is 3.01. The number of nitrogens with one attached hydrogen (secondary N) is 1. The molecule has 0 aliphatic heterocycles. The fraction of sp³-hybridized carbons (Fsp3) is 0.188. The van der Waals surface area contributed by atoms with Crippen molar-refractivity contribution < 1.29 is 32.2 Å². The van der Waals surface area contributed by atoms with E-state index < -0.39 is 24.7 Å². The molecule has 1 aromatic heterocycles. The Bertz CT molecular complexity index is 810. The van der Waals surface area contributed by atoms with Gasteiger partial charge in [0.2, 0.25) is 5.88 Å². The fourth-order valence-corrected chi connectivity index (χ4v) is 2.02. The van der Waals surface area contributed by atoms with Crippen molar-refractivity contribution in [1.82, 2.24) is 4.98 Å². The number of hydrogen-bond donors (Lipinski definition) is 1. The maximum Gasteiger partial charge on any atom is 0.422 e. The van der Waals surface area contributed by atoms with Crippen molar-refractivity contribution in [2.45, 2.75) is 6.18 Å². The van der Waals surface area contributed by atoms with E-state index >= 15 is 0 Å². The molecule has 0 saturated carbocycles. The maximum absolute atomic E-state index is 12.2. The Morgan fingerprint density at radius 3 is 2.54 bits per heavy atom. The zero-order valence-corrected chi connectivity index (χ0v) is 14.0. The van der Waals surface area contributed by atoms with Crippen molar-refractivity contribution in [3.05, 3.63) is 52.7 Å². The van der Waals surface area contributed by atoms with E-state index in [4.69, 9.17) is 11.6 Å². The molecule has 26 heavy (non-hydrogen) atoms. The summed E-state index contributed by atoms with van der Waals surface area (Å²) in [5, 5.41) is 2.67. The number of carbonyl (C=O) groups is 2. The highest BCUT2D eigenvalue weighted by molar-refractivity contribution is 6.33. The average Bonchev–Trinajstić information content (AvgIpc) is 2.60. The minimum absolute atomic E-state index is 0.0704. The number of hydrogen-bond acceptors (Lipinski definition) is 5. The van der Waals surface area contributed by atoms with Crippen LogP contribution in [0.25, 0.3) is 0 Å². The highest BCUT2D eigenvalue weighted by atomic mass is 35.5. The first-order valence-electron chi connectivity index (χ1n) is 7.04. The van der Waals surface area contributed by atoms with Crippen molar-refractivity contribution in [3.8, 4) is 5.88 Å². The summed E-state index contributed by atoms with van der Waals surface area (Å²) in [5.74, 6) is -1.52. The van der Waals surface area contributed by atoms with Crippen molar-refractivity contribution in [1.29, 1.82) is 0 Å². The van der Waals surface area contributed by atoms with E-state index in [1.165, 1.54) is 31.4 Å². The number of aromatic nitrogens is 1. The molecule has 0 aliphatic rings. The summed E-state index contributed by atoms with van der Waals surface area (Å²) in [6.45, 7) is -1.48. The second-order valence-electron chi connectivity index (χ2n) is 4.93. The van der Waals surface area contributed by atoms with Gasteiger partial charge in [0.25, 0.3) is 5.91 Å². The second kappa shape index (κ2) is 8.05. The number of alkyl halides is 3. The quantitative estimate of drug-likeness (QED) is 0.790. The van der Waals surface area contributed by atoms with Crippen molar-refractivity contribution in [2.75, 3.05) is 19.0 Å². The van der Waals surface area contributed by atoms with Gasteiger partial charge in [0.05, 0.1) is 23.3 Å². The molecule has 1 aromatic carbocycles. The van der Waals surface area contributed by atoms with Crippen LogP contribution in [-0.4, -0.2) is 36.8 Å². The van der Waals surface area contributed by atoms with Crippen LogP contribution in [0.5, 0.6) is 5.88 Å². The third-order valence-corrected chi connectivity index (χ3v) is 3.34. The van der Waals surface area contributed by atoms with Crippen LogP contribution >= 0.6 is 11.6 Å². The maximum atomic E-state index is 12.2. The molecule has 2 aromatic rings. The molecule has 10 heteroatoms. The zero-order valence-electron chi connectivity index (χ0n) is 13.3. The van der Waals surface area contributed by atoms with E-state index in [2.05, 4.69) is 19.8 Å². The lowest BCUT2D eigenvalue weighted by Crippen LogP contribution is -2.19. The first-order chi connectivity index (χ1) is 12.2. The monoisotopic (exact) mass is 388 g/mol. The number of nitrogens with zero attached hydrogens (tertiary/aromatic N) is 1. The molecule has 138 valence electrons. The Labute approximate surface area is 150 Å². The van der Waals surface area contributed by atoms with Crippen LogP contribution in [0.3, 0.4) is 0 Å². The minimum Gasteiger partial charge on any atom is -0.468 e. The van der Waals surface area contributed by atoms with Crippen LogP contribution in [-0.2, 0) is 4.74 Å². The summed E-state index contributed by atoms with van der Waals surface area (Å²) < 4.78 is 45.3. The summed E-state index contributed by atoms with van der Waals surface area (Å²) in [4.78, 5) is 27.4. The Morgan fingerprint density at radius 1 is 1.23 bits per heavy atom. The van der Waals surface area contributed by atoms with Gasteiger partial charge >= 0.3 is 12.1 Å². The third kappa shape index (κ3) is 5.35. The summed E-state index contributed by atoms with van der Waals surface area (Å²) in [6, 6.07) is 6.62. The van der Waals surface area contributed by atoms with Gasteiger partial charge < -0.3 is 14.8 Å². The number of rotatable bonds is 5. The molecule has 1 heterocycles. The number of carbonyl (C=O) groups excluding carboxylic acids is 2. The average molecular weight is 389 g/mol. The number of ether oxygens (including phenoxy) is 2. The molecule has 0 spiro atoms. The Kier molecular flexibility index (Phi) is 6.04. The predicted octanol–water partition coefficient (Wildman–Crippen LogP) is 3.72. The molecule has 0 saturated heterocycles. The van der Waals surface area contributed by atoms with Crippen LogP contribution in [0.1, 0.15) is 20.7 Å². The van der Waals surface area contributed by atoms with Crippen LogP contribution in [0.2, 0.25) is 5.02 Å². The molecular weight excluding hydrogens is 377 g/mol. The van der Waals surface area contributed by atoms with Gasteiger partial charge in [-0.15, -0.1) is 0 Å². The lowest BCUT2D eigenvalue weighted by atomic mass is 10.2. The highest BCUT2D eigenvalue weighted by Crippen LogP contribution is 2.22. The molecule has 0 unspecified atom stereocenters. The highest BCUT2D eigenvalue weighted by Gasteiger charge is 2.28. The number of benzene rings is 1. The largest absolute Gasteiger partial charge is 0.468 e. The Hall–Kier alpha value is -2.81. The normalized spacial score (nSPS) is 11.0. The zero-order chi connectivity index (χ0) is 19.3. The van der Waals surface area contributed by atoms with Crippen LogP contribution in [0, 0.1) is 0 Å². The number of amides is 1. The number of esters is 1. The van der Waals surface area contributed by atoms with Crippen molar-refractivity contribution in [2.24, 2.45) is 0 Å². The first kappa shape index (κ1) is 19.5. The molecular formula is C16H12ClF3N2O4. The molecule has 1 amide bonds. The van der Waals surface area contributed by atoms with E-state index in [0.29, 0.717) is 0 Å². The lowest BCUT2D eigenvalue weighted by Gasteiger charge is -2.10. The number of methoxy groups -OCH3 is 1. The van der Waals surface area contributed by atoms with Crippen LogP contribution in [0.15, 0.2) is 36.5 Å². The van der Waals surface area contributed by atoms with Crippen LogP contribution in [0.4, 0.5) is 18.9 Å². The summed E-state index contributed by atoms with van der Waals surface area (Å²) in [5.41, 5.74) is 0.428. The van der Waals surface area contributed by atoms with Gasteiger partial charge in [0.15, 0.2) is 6.61 Å². The molecule has 0 atom stereocenters. The molecule has 0 fully saturated rings. The van der Waals surface area contributed by atoms with Gasteiger partial charge in [-0.05, 0) is 24.3 Å². The second-order valence-corrected chi connectivity index (χ2v) is 5.34. The summed E-state index contributed by atoms with van der Waals surface area (Å²) in [6.07, 6.45) is -3.41. The minimum atomic E-state index is -4.48. The Balaban J connectivity index is 2.07. The number of pyridine rings is 1. The van der Waals surface area contributed by atoms with Gasteiger partial charge in [0.1, 0.15) is 0 Å². The van der Waals surface area contributed by atoms with E-state index in [9.17, 15) is 22.8 Å². The summed E-state index contributed by atoms with van der Waals surface area (Å²) in [7, 11) is 1.19. The molecule has 0 aliphatic carbocycles. The van der Waals surface area contributed by atoms with E-state index in [1.807, 2.05) is 0 Å². The molecule has 6 nitrogen and oxygen atoms in total. The standard InChI is InChI=1S/C16H12ClF3N2O4/c1-25-15(24)11-6-10(3-4-12(11)17)22-14(23)9-2-5-13(21-7-9)26-8-16(18,19)20/h2-7H,8H2,1H3,(H,22,23). The van der Waals surface area contributed by atoms with E-state index in [-0.39, 0.29) is 27.7 Å². The fourth-order valence-electron chi connectivity index (χ4n) is 1.83. The smallest absolute Gasteiger partial charge is 0.422 e. The van der Waals surface area contributed by atoms with Gasteiger partial charge in [-0.25, -0.2) is 9.78 Å². The van der Waals surface area contributed by atoms with Crippen LogP contribution < -0.4 is 10.1 Å². The van der Waals surface area contributed by atoms with Gasteiger partial charge in [-0.1, -0.05) is 11.6 Å². The SMILES string of the molecule is COC(=O)c1cc(NC(=O)c2ccc(OCC(F)(F)F)nc2)ccc1Cl. The van der Waals surface area contributed by atoms with Crippen molar-refractivity contribution >= 4 is 29.2 Å². The number of halogens is 4. The number of anilines is 1. The van der Waals surface area contributed by atoms with E-state index in [0.717, 1.165) is 12.3 Å². The van der Waals surface area contributed by atoms with Gasteiger partial charge in [-0.3, -0.25) is 4.79 Å². The van der Waals surface area contributed by atoms with Crippen molar-refractivity contribution in [3.63, 3.8) is 0 Å². The molecule has 0 bridgehead atoms. The lowest BCUT2D eigenvalue weighted by molar-refractivity contribution is -0.154. The van der Waals surface area contributed by atoms with E-state index in [1.54, 1.807) is 0 Å². The predicted molar refractivity (Wildman–Crippen MR) is 86.5 cm³/mol. The Morgan fingerprint density at radius 2 is 1.96 bits per heavy atom. The topological polar surface area (TPSA) is 77.5 Å². The molecule has 0 radical (unpaired) electrons. The van der Waals surface area contributed by atoms with Gasteiger partial charge in [0, 0.05) is 18.0 Å². The first-order valence-corrected chi connectivity index (χ1v) is 7.42.